The van der Waals surface area contributed by atoms with E-state index in [9.17, 15) is 19.2 Å². The van der Waals surface area contributed by atoms with Gasteiger partial charge in [0.05, 0.1) is 0 Å². The van der Waals surface area contributed by atoms with E-state index in [1.54, 1.807) is 28.2 Å². The van der Waals surface area contributed by atoms with Crippen LogP contribution in [0.5, 0.6) is 0 Å². The van der Waals surface area contributed by atoms with Crippen LogP contribution >= 0.6 is 0 Å². The third-order valence-electron chi connectivity index (χ3n) is 4.34. The molecule has 0 unspecified atom stereocenters. The molecule has 0 aromatic carbocycles. The van der Waals surface area contributed by atoms with Crippen molar-refractivity contribution in [3.05, 3.63) is 0 Å². The van der Waals surface area contributed by atoms with Gasteiger partial charge in [-0.15, -0.1) is 0 Å². The van der Waals surface area contributed by atoms with Crippen LogP contribution in [0.2, 0.25) is 0 Å². The summed E-state index contributed by atoms with van der Waals surface area (Å²) >= 11 is -4.63. The fourth-order valence-electron chi connectivity index (χ4n) is 3.04. The van der Waals surface area contributed by atoms with E-state index in [0.717, 1.165) is 0 Å². The molecule has 0 bridgehead atoms. The third kappa shape index (κ3) is 7.15. The summed E-state index contributed by atoms with van der Waals surface area (Å²) in [5.41, 5.74) is -1.47. The maximum absolute atomic E-state index is 13.2. The molecule has 0 N–H and O–H groups in total. The van der Waals surface area contributed by atoms with Crippen LogP contribution in [0.4, 0.5) is 0 Å². The zero-order valence-corrected chi connectivity index (χ0v) is 21.8. The number of quaternary nitrogens is 2. The Bertz CT molecular complexity index is 613. The second kappa shape index (κ2) is 9.16. The van der Waals surface area contributed by atoms with Crippen LogP contribution in [0.3, 0.4) is 0 Å². The van der Waals surface area contributed by atoms with Crippen molar-refractivity contribution in [2.75, 3.05) is 28.2 Å². The molecule has 0 spiro atoms. The maximum atomic E-state index is 13.2. The molecule has 0 aromatic heterocycles. The molecule has 0 heterocycles. The number of carbonyl (C=O) groups is 4. The van der Waals surface area contributed by atoms with Crippen molar-refractivity contribution in [1.29, 1.82) is 0 Å². The molecule has 0 fully saturated rings. The van der Waals surface area contributed by atoms with Gasteiger partial charge in [-0.3, -0.25) is 0 Å². The van der Waals surface area contributed by atoms with Gasteiger partial charge < -0.3 is 0 Å². The van der Waals surface area contributed by atoms with E-state index in [0.29, 0.717) is 0 Å². The van der Waals surface area contributed by atoms with Crippen LogP contribution in [-0.2, 0) is 43.7 Å². The van der Waals surface area contributed by atoms with Gasteiger partial charge in [-0.2, -0.15) is 0 Å². The van der Waals surface area contributed by atoms with Crippen LogP contribution in [0, 0.1) is 0 Å². The van der Waals surface area contributed by atoms with Gasteiger partial charge in [-0.25, -0.2) is 0 Å². The van der Waals surface area contributed by atoms with Crippen LogP contribution < -0.4 is 0 Å². The van der Waals surface area contributed by atoms with Gasteiger partial charge >= 0.3 is 181 Å². The molecule has 0 saturated carbocycles. The van der Waals surface area contributed by atoms with E-state index in [4.69, 9.17) is 6.64 Å². The number of hydrogen-bond donors (Lipinski definition) is 0. The van der Waals surface area contributed by atoms with Gasteiger partial charge in [0.25, 0.3) is 0 Å². The van der Waals surface area contributed by atoms with E-state index in [-0.39, 0.29) is 42.2 Å². The number of nitrogens with zero attached hydrogens (tertiary/aromatic N) is 2. The molecule has 0 saturated heterocycles. The standard InChI is InChI=1S/2C6H11NO2.2C4H9O.Ti/c2*1-5(8)4-6(9)7(2)3;2*1-4(2,3)5;/h2*4H2,1-3H3;2*1-3H3;/q;;2*-1;+4. The average molecular weight is 452 g/mol. The summed E-state index contributed by atoms with van der Waals surface area (Å²) in [5, 5.41) is 0. The predicted octanol–water partition coefficient (Wildman–Crippen LogP) is 2.59. The van der Waals surface area contributed by atoms with Gasteiger partial charge in [0.15, 0.2) is 0 Å². The van der Waals surface area contributed by atoms with E-state index in [1.165, 1.54) is 13.8 Å². The van der Waals surface area contributed by atoms with Crippen LogP contribution in [0.15, 0.2) is 0 Å². The first-order valence-corrected chi connectivity index (χ1v) is 12.4. The van der Waals surface area contributed by atoms with E-state index >= 15 is 0 Å². The average Bonchev–Trinajstić information content (AvgIpc) is 2.41. The summed E-state index contributed by atoms with van der Waals surface area (Å²) in [6.07, 6.45) is -0.580. The second-order valence-corrected chi connectivity index (χ2v) is 16.3. The third-order valence-corrected chi connectivity index (χ3v) is 12.3. The summed E-state index contributed by atoms with van der Waals surface area (Å²) in [5.74, 6) is -1.31. The predicted molar refractivity (Wildman–Crippen MR) is 107 cm³/mol. The minimum absolute atomic E-state index is 0.274. The molecule has 2 amide bonds. The van der Waals surface area contributed by atoms with Gasteiger partial charge in [-0.05, 0) is 0 Å². The van der Waals surface area contributed by atoms with Gasteiger partial charge in [0, 0.05) is 0 Å². The summed E-state index contributed by atoms with van der Waals surface area (Å²) < 4.78 is 12.5. The van der Waals surface area contributed by atoms with Crippen molar-refractivity contribution in [2.45, 2.75) is 79.4 Å². The van der Waals surface area contributed by atoms with E-state index in [1.807, 2.05) is 41.5 Å². The number of ketones is 2. The molecular formula is C20H40N2O6Ti+2. The van der Waals surface area contributed by atoms with Crippen LogP contribution in [0.25, 0.3) is 0 Å². The van der Waals surface area contributed by atoms with Crippen molar-refractivity contribution in [1.82, 2.24) is 0 Å². The Kier molecular flexibility index (Phi) is 8.92. The van der Waals surface area contributed by atoms with Gasteiger partial charge in [0.1, 0.15) is 0 Å². The Morgan fingerprint density at radius 3 is 1.07 bits per heavy atom. The Morgan fingerprint density at radius 1 is 0.655 bits per heavy atom. The normalized spacial score (nSPS) is 13.9. The summed E-state index contributed by atoms with van der Waals surface area (Å²) in [6.45, 7) is 13.7. The summed E-state index contributed by atoms with van der Waals surface area (Å²) in [7, 11) is 6.57. The first-order chi connectivity index (χ1) is 12.6. The molecule has 8 nitrogen and oxygen atoms in total. The molecule has 0 radical (unpaired) electrons. The Morgan fingerprint density at radius 2 is 0.897 bits per heavy atom. The molecule has 9 heteroatoms. The number of hydrogen-bond acceptors (Lipinski definition) is 6. The Balaban J connectivity index is 7.02. The number of rotatable bonds is 8. The Hall–Kier alpha value is -0.766. The van der Waals surface area contributed by atoms with Gasteiger partial charge in [0.2, 0.25) is 0 Å². The quantitative estimate of drug-likeness (QED) is 0.416. The minimum atomic E-state index is -4.63. The topological polar surface area (TPSA) is 86.7 Å². The molecule has 0 rings (SSSR count). The first-order valence-electron chi connectivity index (χ1n) is 9.73. The number of carbonyl (C=O) groups excluding carboxylic acids is 4. The van der Waals surface area contributed by atoms with Crippen LogP contribution in [0.1, 0.15) is 68.2 Å². The van der Waals surface area contributed by atoms with Crippen LogP contribution in [-0.4, -0.2) is 68.7 Å². The molecule has 0 aromatic rings. The molecule has 0 aliphatic rings. The van der Waals surface area contributed by atoms with Gasteiger partial charge in [-0.1, -0.05) is 0 Å². The van der Waals surface area contributed by atoms with E-state index in [2.05, 4.69) is 0 Å². The fourth-order valence-corrected chi connectivity index (χ4v) is 10.2. The molecule has 0 atom stereocenters. The Labute approximate surface area is 180 Å². The molecule has 0 aliphatic heterocycles. The summed E-state index contributed by atoms with van der Waals surface area (Å²) in [4.78, 5) is 49.9. The van der Waals surface area contributed by atoms with E-state index < -0.39 is 29.1 Å². The molecule has 168 valence electrons. The zero-order chi connectivity index (χ0) is 23.6. The number of amides is 2. The SMILES string of the molecule is CC(=O)CC(=O)[N+](C)(C)[Ti]([O]C(C)(C)C)([O]C(C)(C)C)[N+](C)(C)C(=O)CC(C)=O. The monoisotopic (exact) mass is 452 g/mol. The number of Topliss-reactive ketones (excluding diaryl/α,β-unsaturated/α-hetero) is 2. The fraction of sp³-hybridized carbons (Fsp3) is 0.800. The zero-order valence-electron chi connectivity index (χ0n) is 20.3. The van der Waals surface area contributed by atoms with Crippen molar-refractivity contribution in [2.24, 2.45) is 0 Å². The van der Waals surface area contributed by atoms with Crippen molar-refractivity contribution in [3.8, 4) is 0 Å². The summed E-state index contributed by atoms with van der Waals surface area (Å²) in [6, 6.07) is 0. The molecular weight excluding hydrogens is 412 g/mol. The first kappa shape index (κ1) is 28.2. The molecule has 29 heavy (non-hydrogen) atoms. The van der Waals surface area contributed by atoms with Crippen molar-refractivity contribution in [3.63, 3.8) is 0 Å². The molecule has 0 aliphatic carbocycles. The second-order valence-electron chi connectivity index (χ2n) is 10.4. The van der Waals surface area contributed by atoms with Crippen molar-refractivity contribution >= 4 is 23.4 Å². The van der Waals surface area contributed by atoms with Crippen molar-refractivity contribution < 1.29 is 49.6 Å².